The van der Waals surface area contributed by atoms with Crippen LogP contribution in [-0.2, 0) is 0 Å². The van der Waals surface area contributed by atoms with E-state index < -0.39 is 0 Å². The number of nitrogens with zero attached hydrogens (tertiary/aromatic N) is 1. The third-order valence-electron chi connectivity index (χ3n) is 2.90. The highest BCUT2D eigenvalue weighted by Crippen LogP contribution is 2.28. The molecular formula is C15H11BrClN3. The fraction of sp³-hybridized carbons (Fsp3) is 0. The van der Waals surface area contributed by atoms with Crippen molar-refractivity contribution in [1.82, 2.24) is 4.98 Å². The van der Waals surface area contributed by atoms with E-state index in [1.165, 1.54) is 0 Å². The molecule has 5 heteroatoms. The summed E-state index contributed by atoms with van der Waals surface area (Å²) in [5.74, 6) is 0.738. The topological polar surface area (TPSA) is 50.9 Å². The predicted octanol–water partition coefficient (Wildman–Crippen LogP) is 4.98. The molecule has 0 saturated heterocycles. The second-order valence-electron chi connectivity index (χ2n) is 4.40. The van der Waals surface area contributed by atoms with Gasteiger partial charge in [-0.1, -0.05) is 27.5 Å². The summed E-state index contributed by atoms with van der Waals surface area (Å²) in [6, 6.07) is 15.2. The Balaban J connectivity index is 1.98. The van der Waals surface area contributed by atoms with Crippen molar-refractivity contribution >= 4 is 55.6 Å². The van der Waals surface area contributed by atoms with E-state index in [-0.39, 0.29) is 0 Å². The lowest BCUT2D eigenvalue weighted by Crippen LogP contribution is -1.95. The molecule has 3 N–H and O–H groups in total. The number of fused-ring (bicyclic) bond motifs is 1. The zero-order chi connectivity index (χ0) is 14.1. The highest BCUT2D eigenvalue weighted by molar-refractivity contribution is 9.10. The van der Waals surface area contributed by atoms with Crippen LogP contribution in [0.2, 0.25) is 5.02 Å². The number of rotatable bonds is 2. The highest BCUT2D eigenvalue weighted by Gasteiger charge is 2.04. The maximum Gasteiger partial charge on any atom is 0.131 e. The van der Waals surface area contributed by atoms with Crippen LogP contribution in [0.5, 0.6) is 0 Å². The lowest BCUT2D eigenvalue weighted by atomic mass is 10.2. The van der Waals surface area contributed by atoms with Crippen LogP contribution in [0.1, 0.15) is 0 Å². The first kappa shape index (κ1) is 13.2. The van der Waals surface area contributed by atoms with Crippen molar-refractivity contribution in [2.75, 3.05) is 11.1 Å². The number of hydrogen-bond acceptors (Lipinski definition) is 3. The quantitative estimate of drug-likeness (QED) is 0.642. The lowest BCUT2D eigenvalue weighted by molar-refractivity contribution is 1.37. The summed E-state index contributed by atoms with van der Waals surface area (Å²) < 4.78 is 0.956. The summed E-state index contributed by atoms with van der Waals surface area (Å²) in [6.45, 7) is 0. The summed E-state index contributed by atoms with van der Waals surface area (Å²) in [5, 5.41) is 4.87. The molecule has 0 amide bonds. The van der Waals surface area contributed by atoms with Crippen LogP contribution in [0.4, 0.5) is 17.2 Å². The van der Waals surface area contributed by atoms with Crippen LogP contribution in [0, 0.1) is 0 Å². The van der Waals surface area contributed by atoms with E-state index in [2.05, 4.69) is 26.2 Å². The van der Waals surface area contributed by atoms with Gasteiger partial charge in [0, 0.05) is 15.5 Å². The lowest BCUT2D eigenvalue weighted by Gasteiger charge is -2.09. The van der Waals surface area contributed by atoms with E-state index in [9.17, 15) is 0 Å². The molecule has 0 spiro atoms. The third-order valence-corrected chi connectivity index (χ3v) is 3.73. The molecule has 3 rings (SSSR count). The van der Waals surface area contributed by atoms with Crippen molar-refractivity contribution in [2.24, 2.45) is 0 Å². The van der Waals surface area contributed by atoms with Crippen molar-refractivity contribution in [1.29, 1.82) is 0 Å². The zero-order valence-corrected chi connectivity index (χ0v) is 12.7. The number of nitrogens with one attached hydrogen (secondary N) is 1. The van der Waals surface area contributed by atoms with Gasteiger partial charge >= 0.3 is 0 Å². The van der Waals surface area contributed by atoms with Crippen molar-refractivity contribution in [3.63, 3.8) is 0 Å². The Kier molecular flexibility index (Phi) is 3.51. The number of nitrogen functional groups attached to an aromatic ring is 1. The first-order chi connectivity index (χ1) is 9.61. The van der Waals surface area contributed by atoms with Gasteiger partial charge in [0.25, 0.3) is 0 Å². The molecule has 0 aliphatic carbocycles. The Morgan fingerprint density at radius 2 is 1.90 bits per heavy atom. The first-order valence-corrected chi connectivity index (χ1v) is 7.17. The Bertz CT molecular complexity index is 789. The van der Waals surface area contributed by atoms with Gasteiger partial charge in [-0.15, -0.1) is 0 Å². The average molecular weight is 349 g/mol. The van der Waals surface area contributed by atoms with E-state index in [1.54, 1.807) is 0 Å². The minimum atomic E-state index is 0.646. The molecule has 0 atom stereocenters. The van der Waals surface area contributed by atoms with Crippen molar-refractivity contribution in [3.05, 3.63) is 58.0 Å². The number of nitrogens with two attached hydrogens (primary N) is 1. The molecule has 0 aliphatic heterocycles. The van der Waals surface area contributed by atoms with Crippen molar-refractivity contribution in [3.8, 4) is 0 Å². The summed E-state index contributed by atoms with van der Waals surface area (Å²) in [7, 11) is 0. The SMILES string of the molecule is Nc1ccc2nc(Nc3cc(Br)ccc3Cl)ccc2c1. The molecule has 2 aromatic carbocycles. The molecule has 0 aliphatic rings. The van der Waals surface area contributed by atoms with Gasteiger partial charge in [-0.25, -0.2) is 4.98 Å². The standard InChI is InChI=1S/C15H11BrClN3/c16-10-2-4-12(17)14(8-10)20-15-6-1-9-7-11(18)3-5-13(9)19-15/h1-8H,18H2,(H,19,20). The van der Waals surface area contributed by atoms with Gasteiger partial charge in [0.05, 0.1) is 16.2 Å². The van der Waals surface area contributed by atoms with Gasteiger partial charge in [0.1, 0.15) is 5.82 Å². The summed E-state index contributed by atoms with van der Waals surface area (Å²) >= 11 is 9.58. The van der Waals surface area contributed by atoms with Crippen LogP contribution in [0.3, 0.4) is 0 Å². The van der Waals surface area contributed by atoms with Crippen molar-refractivity contribution in [2.45, 2.75) is 0 Å². The summed E-state index contributed by atoms with van der Waals surface area (Å²) in [5.41, 5.74) is 8.18. The maximum atomic E-state index is 6.16. The molecule has 0 fully saturated rings. The smallest absolute Gasteiger partial charge is 0.131 e. The highest BCUT2D eigenvalue weighted by atomic mass is 79.9. The Morgan fingerprint density at radius 3 is 2.75 bits per heavy atom. The van der Waals surface area contributed by atoms with E-state index in [1.807, 2.05) is 48.5 Å². The van der Waals surface area contributed by atoms with E-state index in [0.717, 1.165) is 32.6 Å². The average Bonchev–Trinajstić information content (AvgIpc) is 2.43. The zero-order valence-electron chi connectivity index (χ0n) is 10.4. The summed E-state index contributed by atoms with van der Waals surface area (Å²) in [6.07, 6.45) is 0. The van der Waals surface area contributed by atoms with Gasteiger partial charge in [0.2, 0.25) is 0 Å². The van der Waals surface area contributed by atoms with Crippen LogP contribution in [0.25, 0.3) is 10.9 Å². The Hall–Kier alpha value is -1.78. The van der Waals surface area contributed by atoms with Gasteiger partial charge < -0.3 is 11.1 Å². The Morgan fingerprint density at radius 1 is 1.05 bits per heavy atom. The Labute approximate surface area is 129 Å². The van der Waals surface area contributed by atoms with Gasteiger partial charge in [-0.05, 0) is 48.5 Å². The fourth-order valence-corrected chi connectivity index (χ4v) is 2.47. The summed E-state index contributed by atoms with van der Waals surface area (Å²) in [4.78, 5) is 4.54. The van der Waals surface area contributed by atoms with Crippen LogP contribution < -0.4 is 11.1 Å². The molecule has 0 radical (unpaired) electrons. The van der Waals surface area contributed by atoms with Crippen LogP contribution >= 0.6 is 27.5 Å². The monoisotopic (exact) mass is 347 g/mol. The molecule has 0 bridgehead atoms. The molecule has 1 heterocycles. The largest absolute Gasteiger partial charge is 0.399 e. The molecule has 0 saturated carbocycles. The molecule has 1 aromatic heterocycles. The molecular weight excluding hydrogens is 338 g/mol. The number of anilines is 3. The second-order valence-corrected chi connectivity index (χ2v) is 5.72. The molecule has 3 nitrogen and oxygen atoms in total. The van der Waals surface area contributed by atoms with E-state index >= 15 is 0 Å². The molecule has 20 heavy (non-hydrogen) atoms. The number of aromatic nitrogens is 1. The van der Waals surface area contributed by atoms with Gasteiger partial charge in [0.15, 0.2) is 0 Å². The second kappa shape index (κ2) is 5.31. The van der Waals surface area contributed by atoms with E-state index in [4.69, 9.17) is 17.3 Å². The fourth-order valence-electron chi connectivity index (χ4n) is 1.94. The van der Waals surface area contributed by atoms with Gasteiger partial charge in [-0.2, -0.15) is 0 Å². The number of hydrogen-bond donors (Lipinski definition) is 2. The first-order valence-electron chi connectivity index (χ1n) is 6.00. The molecule has 0 unspecified atom stereocenters. The van der Waals surface area contributed by atoms with Crippen LogP contribution in [0.15, 0.2) is 53.0 Å². The third kappa shape index (κ3) is 2.71. The molecule has 3 aromatic rings. The van der Waals surface area contributed by atoms with Crippen LogP contribution in [-0.4, -0.2) is 4.98 Å². The van der Waals surface area contributed by atoms with E-state index in [0.29, 0.717) is 5.02 Å². The minimum absolute atomic E-state index is 0.646. The van der Waals surface area contributed by atoms with Gasteiger partial charge in [-0.3, -0.25) is 0 Å². The predicted molar refractivity (Wildman–Crippen MR) is 88.6 cm³/mol. The number of halogens is 2. The molecule has 100 valence electrons. The normalized spacial score (nSPS) is 10.7. The minimum Gasteiger partial charge on any atom is -0.399 e. The maximum absolute atomic E-state index is 6.16. The van der Waals surface area contributed by atoms with Crippen molar-refractivity contribution < 1.29 is 0 Å². The number of pyridine rings is 1. The number of benzene rings is 2.